The molecule has 0 aliphatic heterocycles. The number of methoxy groups -OCH3 is 1. The summed E-state index contributed by atoms with van der Waals surface area (Å²) in [6.45, 7) is 0.561. The fourth-order valence-electron chi connectivity index (χ4n) is 1.75. The van der Waals surface area contributed by atoms with E-state index in [1.165, 1.54) is 0 Å². The molecule has 0 spiro atoms. The van der Waals surface area contributed by atoms with Crippen LogP contribution < -0.4 is 10.5 Å². The molecule has 0 amide bonds. The lowest BCUT2D eigenvalue weighted by atomic mass is 10.1. The average Bonchev–Trinajstić information content (AvgIpc) is 2.71. The van der Waals surface area contributed by atoms with Gasteiger partial charge in [0.25, 0.3) is 0 Å². The Labute approximate surface area is 119 Å². The van der Waals surface area contributed by atoms with Crippen molar-refractivity contribution in [2.24, 2.45) is 5.73 Å². The van der Waals surface area contributed by atoms with Crippen molar-refractivity contribution in [3.63, 3.8) is 0 Å². The molecule has 3 N–H and O–H groups in total. The molecule has 1 aromatic heterocycles. The Bertz CT molecular complexity index is 556. The fraction of sp³-hybridized carbons (Fsp3) is 0.250. The van der Waals surface area contributed by atoms with Gasteiger partial charge in [0.2, 0.25) is 0 Å². The first-order valence-electron chi connectivity index (χ1n) is 5.44. The van der Waals surface area contributed by atoms with E-state index in [1.54, 1.807) is 7.11 Å². The van der Waals surface area contributed by atoms with E-state index in [4.69, 9.17) is 22.1 Å². The minimum Gasteiger partial charge on any atom is -0.495 e. The van der Waals surface area contributed by atoms with Gasteiger partial charge in [-0.3, -0.25) is 0 Å². The summed E-state index contributed by atoms with van der Waals surface area (Å²) in [7, 11) is 1.59. The number of nitrogens with one attached hydrogen (secondary N) is 1. The van der Waals surface area contributed by atoms with E-state index in [2.05, 4.69) is 25.9 Å². The predicted octanol–water partition coefficient (Wildman–Crippen LogP) is 3.00. The second kappa shape index (κ2) is 5.73. The summed E-state index contributed by atoms with van der Waals surface area (Å²) >= 11 is 9.45. The standard InChI is InChI=1S/C12H13BrClN3O/c1-18-10-3-2-7(6-8(10)14)11-9(4-5-15)16-12(13)17-11/h2-3,6H,4-5,15H2,1H3,(H,16,17). The van der Waals surface area contributed by atoms with Crippen molar-refractivity contribution >= 4 is 27.5 Å². The Morgan fingerprint density at radius 1 is 1.50 bits per heavy atom. The molecule has 0 bridgehead atoms. The normalized spacial score (nSPS) is 10.7. The highest BCUT2D eigenvalue weighted by atomic mass is 79.9. The molecule has 0 radical (unpaired) electrons. The number of aromatic nitrogens is 2. The van der Waals surface area contributed by atoms with Gasteiger partial charge in [-0.25, -0.2) is 4.98 Å². The molecular weight excluding hydrogens is 318 g/mol. The van der Waals surface area contributed by atoms with Crippen LogP contribution in [0.1, 0.15) is 5.69 Å². The third kappa shape index (κ3) is 2.68. The number of nitrogens with zero attached hydrogens (tertiary/aromatic N) is 1. The van der Waals surface area contributed by atoms with Crippen molar-refractivity contribution < 1.29 is 4.74 Å². The van der Waals surface area contributed by atoms with Crippen molar-refractivity contribution in [3.8, 4) is 17.0 Å². The van der Waals surface area contributed by atoms with Crippen LogP contribution in [0.3, 0.4) is 0 Å². The van der Waals surface area contributed by atoms with Gasteiger partial charge in [0.1, 0.15) is 5.75 Å². The van der Waals surface area contributed by atoms with Gasteiger partial charge in [-0.15, -0.1) is 0 Å². The minimum atomic E-state index is 0.561. The maximum absolute atomic E-state index is 6.12. The third-order valence-corrected chi connectivity index (χ3v) is 3.24. The van der Waals surface area contributed by atoms with E-state index in [1.807, 2.05) is 18.2 Å². The van der Waals surface area contributed by atoms with Crippen LogP contribution in [0.15, 0.2) is 22.9 Å². The van der Waals surface area contributed by atoms with E-state index in [0.717, 1.165) is 23.4 Å². The number of aromatic amines is 1. The van der Waals surface area contributed by atoms with Crippen LogP contribution in [0.5, 0.6) is 5.75 Å². The summed E-state index contributed by atoms with van der Waals surface area (Å²) in [6, 6.07) is 5.59. The molecular formula is C12H13BrClN3O. The summed E-state index contributed by atoms with van der Waals surface area (Å²) in [4.78, 5) is 7.55. The van der Waals surface area contributed by atoms with Gasteiger partial charge in [-0.2, -0.15) is 0 Å². The molecule has 6 heteroatoms. The molecule has 0 saturated heterocycles. The number of hydrogen-bond donors (Lipinski definition) is 2. The zero-order valence-electron chi connectivity index (χ0n) is 9.84. The van der Waals surface area contributed by atoms with Crippen LogP contribution >= 0.6 is 27.5 Å². The van der Waals surface area contributed by atoms with Gasteiger partial charge in [0.05, 0.1) is 17.8 Å². The lowest BCUT2D eigenvalue weighted by Crippen LogP contribution is -2.04. The highest BCUT2D eigenvalue weighted by Crippen LogP contribution is 2.31. The predicted molar refractivity (Wildman–Crippen MR) is 76.0 cm³/mol. The Morgan fingerprint density at radius 3 is 2.89 bits per heavy atom. The number of benzene rings is 1. The summed E-state index contributed by atoms with van der Waals surface area (Å²) in [6.07, 6.45) is 0.734. The van der Waals surface area contributed by atoms with Crippen LogP contribution in [0.25, 0.3) is 11.3 Å². The van der Waals surface area contributed by atoms with Gasteiger partial charge in [-0.1, -0.05) is 11.6 Å². The van der Waals surface area contributed by atoms with E-state index in [0.29, 0.717) is 22.1 Å². The van der Waals surface area contributed by atoms with Gasteiger partial charge in [0.15, 0.2) is 4.73 Å². The largest absolute Gasteiger partial charge is 0.495 e. The van der Waals surface area contributed by atoms with Gasteiger partial charge >= 0.3 is 0 Å². The summed E-state index contributed by atoms with van der Waals surface area (Å²) < 4.78 is 5.82. The van der Waals surface area contributed by atoms with Gasteiger partial charge < -0.3 is 15.5 Å². The zero-order chi connectivity index (χ0) is 13.1. The molecule has 0 saturated carbocycles. The van der Waals surface area contributed by atoms with Crippen LogP contribution in [-0.4, -0.2) is 23.6 Å². The number of ether oxygens (including phenoxy) is 1. The zero-order valence-corrected chi connectivity index (χ0v) is 12.2. The molecule has 4 nitrogen and oxygen atoms in total. The van der Waals surface area contributed by atoms with E-state index in [-0.39, 0.29) is 0 Å². The van der Waals surface area contributed by atoms with Gasteiger partial charge in [0, 0.05) is 17.7 Å². The quantitative estimate of drug-likeness (QED) is 0.906. The van der Waals surface area contributed by atoms with E-state index in [9.17, 15) is 0 Å². The molecule has 1 aromatic carbocycles. The van der Waals surface area contributed by atoms with Crippen LogP contribution in [-0.2, 0) is 6.42 Å². The first-order chi connectivity index (χ1) is 8.65. The molecule has 0 fully saturated rings. The minimum absolute atomic E-state index is 0.561. The maximum atomic E-state index is 6.12. The lowest BCUT2D eigenvalue weighted by Gasteiger charge is -2.06. The van der Waals surface area contributed by atoms with Crippen molar-refractivity contribution in [2.45, 2.75) is 6.42 Å². The first-order valence-corrected chi connectivity index (χ1v) is 6.61. The molecule has 18 heavy (non-hydrogen) atoms. The van der Waals surface area contributed by atoms with E-state index >= 15 is 0 Å². The monoisotopic (exact) mass is 329 g/mol. The Hall–Kier alpha value is -1.04. The SMILES string of the molecule is COc1ccc(-c2nc(Br)[nH]c2CCN)cc1Cl. The Kier molecular flexibility index (Phi) is 4.27. The molecule has 0 aliphatic rings. The highest BCUT2D eigenvalue weighted by molar-refractivity contribution is 9.10. The second-order valence-corrected chi connectivity index (χ2v) is 4.90. The second-order valence-electron chi connectivity index (χ2n) is 3.74. The Morgan fingerprint density at radius 2 is 2.28 bits per heavy atom. The fourth-order valence-corrected chi connectivity index (χ4v) is 2.43. The number of imidazole rings is 1. The number of rotatable bonds is 4. The summed E-state index contributed by atoms with van der Waals surface area (Å²) in [5.74, 6) is 0.649. The molecule has 96 valence electrons. The Balaban J connectivity index is 2.44. The van der Waals surface area contributed by atoms with Crippen LogP contribution in [0.2, 0.25) is 5.02 Å². The smallest absolute Gasteiger partial charge is 0.175 e. The molecule has 2 aromatic rings. The van der Waals surface area contributed by atoms with Crippen molar-refractivity contribution in [3.05, 3.63) is 33.6 Å². The third-order valence-electron chi connectivity index (χ3n) is 2.57. The highest BCUT2D eigenvalue weighted by Gasteiger charge is 2.12. The summed E-state index contributed by atoms with van der Waals surface area (Å²) in [5.41, 5.74) is 8.37. The molecule has 2 rings (SSSR count). The van der Waals surface area contributed by atoms with Crippen LogP contribution in [0, 0.1) is 0 Å². The topological polar surface area (TPSA) is 63.9 Å². The lowest BCUT2D eigenvalue weighted by molar-refractivity contribution is 0.415. The number of hydrogen-bond acceptors (Lipinski definition) is 3. The van der Waals surface area contributed by atoms with Crippen molar-refractivity contribution in [2.75, 3.05) is 13.7 Å². The number of nitrogens with two attached hydrogens (primary N) is 1. The van der Waals surface area contributed by atoms with Crippen molar-refractivity contribution in [1.82, 2.24) is 9.97 Å². The maximum Gasteiger partial charge on any atom is 0.175 e. The molecule has 1 heterocycles. The molecule has 0 aliphatic carbocycles. The summed E-state index contributed by atoms with van der Waals surface area (Å²) in [5, 5.41) is 0.563. The number of H-pyrrole nitrogens is 1. The average molecular weight is 331 g/mol. The number of halogens is 2. The molecule has 0 unspecified atom stereocenters. The van der Waals surface area contributed by atoms with Crippen molar-refractivity contribution in [1.29, 1.82) is 0 Å². The van der Waals surface area contributed by atoms with E-state index < -0.39 is 0 Å². The molecule has 0 atom stereocenters. The van der Waals surface area contributed by atoms with Crippen LogP contribution in [0.4, 0.5) is 0 Å². The van der Waals surface area contributed by atoms with Gasteiger partial charge in [-0.05, 0) is 40.7 Å². The first kappa shape index (κ1) is 13.4.